The lowest BCUT2D eigenvalue weighted by molar-refractivity contribution is -0.164. The number of carbonyl (C=O) groups is 1. The molecule has 8 heteroatoms. The third kappa shape index (κ3) is 6.33. The van der Waals surface area contributed by atoms with Crippen molar-refractivity contribution < 1.29 is 14.3 Å². The number of likely N-dealkylation sites (tertiary alicyclic amines) is 1. The van der Waals surface area contributed by atoms with Gasteiger partial charge in [-0.2, -0.15) is 0 Å². The highest BCUT2D eigenvalue weighted by Crippen LogP contribution is 2.34. The molecule has 1 aromatic carbocycles. The van der Waals surface area contributed by atoms with E-state index in [1.807, 2.05) is 24.3 Å². The van der Waals surface area contributed by atoms with Crippen LogP contribution in [0.3, 0.4) is 0 Å². The molecule has 3 aliphatic rings. The van der Waals surface area contributed by atoms with Crippen LogP contribution in [-0.2, 0) is 9.47 Å². The number of fused-ring (bicyclic) bond motifs is 1. The Bertz CT molecular complexity index is 1370. The number of hydrogen-bond acceptors (Lipinski definition) is 7. The van der Waals surface area contributed by atoms with E-state index in [9.17, 15) is 4.79 Å². The highest BCUT2D eigenvalue weighted by Gasteiger charge is 2.26. The maximum atomic E-state index is 12.6. The number of carbonyl (C=O) groups excluding carboxylic acids is 1. The van der Waals surface area contributed by atoms with Gasteiger partial charge in [0.05, 0.1) is 17.6 Å². The average Bonchev–Trinajstić information content (AvgIpc) is 3.71. The number of benzene rings is 1. The molecule has 0 bridgehead atoms. The third-order valence-corrected chi connectivity index (χ3v) is 8.14. The molecule has 204 valence electrons. The largest absolute Gasteiger partial charge is 0.383 e. The molecule has 2 saturated heterocycles. The lowest BCUT2D eigenvalue weighted by atomic mass is 10.0. The van der Waals surface area contributed by atoms with Crippen molar-refractivity contribution in [3.63, 3.8) is 0 Å². The number of piperidine rings is 1. The summed E-state index contributed by atoms with van der Waals surface area (Å²) >= 11 is 0. The molecular weight excluding hydrogens is 490 g/mol. The van der Waals surface area contributed by atoms with Crippen molar-refractivity contribution >= 4 is 22.6 Å². The number of anilines is 1. The fraction of sp³-hybridized carbons (Fsp3) is 0.516. The van der Waals surface area contributed by atoms with Gasteiger partial charge in [-0.05, 0) is 63.0 Å². The fourth-order valence-corrected chi connectivity index (χ4v) is 5.67. The first-order valence-corrected chi connectivity index (χ1v) is 14.4. The average molecular weight is 528 g/mol. The number of Topliss-reactive ketones (excluding diaryl/α,β-unsaturated/α-hetero) is 1. The van der Waals surface area contributed by atoms with Crippen molar-refractivity contribution in [1.29, 1.82) is 0 Å². The maximum absolute atomic E-state index is 12.6. The van der Waals surface area contributed by atoms with Gasteiger partial charge in [-0.3, -0.25) is 4.79 Å². The Hall–Kier alpha value is -3.25. The summed E-state index contributed by atoms with van der Waals surface area (Å²) in [6.07, 6.45) is 11.9. The SMILES string of the molecule is Nc1ncnc2c1c(C#Cc1cccc(C(=O)CC3CC3)c1)cn2C1CCN(CCOC2CCCCO2)CC1. The summed E-state index contributed by atoms with van der Waals surface area (Å²) in [5.74, 6) is 7.78. The second kappa shape index (κ2) is 11.9. The van der Waals surface area contributed by atoms with Crippen LogP contribution in [0.25, 0.3) is 11.0 Å². The van der Waals surface area contributed by atoms with Crippen molar-refractivity contribution in [2.45, 2.75) is 63.7 Å². The van der Waals surface area contributed by atoms with Gasteiger partial charge in [0.25, 0.3) is 0 Å². The van der Waals surface area contributed by atoms with E-state index in [4.69, 9.17) is 15.2 Å². The summed E-state index contributed by atoms with van der Waals surface area (Å²) in [6.45, 7) is 4.45. The lowest BCUT2D eigenvalue weighted by Crippen LogP contribution is -2.37. The zero-order valence-corrected chi connectivity index (χ0v) is 22.5. The van der Waals surface area contributed by atoms with E-state index in [2.05, 4.69) is 37.5 Å². The van der Waals surface area contributed by atoms with Crippen LogP contribution < -0.4 is 5.73 Å². The molecule has 0 radical (unpaired) electrons. The minimum absolute atomic E-state index is 0.0297. The number of nitrogens with zero attached hydrogens (tertiary/aromatic N) is 4. The van der Waals surface area contributed by atoms with Crippen LogP contribution in [0.5, 0.6) is 0 Å². The molecule has 6 rings (SSSR count). The predicted octanol–water partition coefficient (Wildman–Crippen LogP) is 4.58. The van der Waals surface area contributed by atoms with Crippen molar-refractivity contribution in [3.05, 3.63) is 53.5 Å². The smallest absolute Gasteiger partial charge is 0.163 e. The van der Waals surface area contributed by atoms with Crippen molar-refractivity contribution in [3.8, 4) is 11.8 Å². The highest BCUT2D eigenvalue weighted by molar-refractivity contribution is 5.97. The summed E-state index contributed by atoms with van der Waals surface area (Å²) in [6, 6.07) is 7.96. The molecule has 4 heterocycles. The van der Waals surface area contributed by atoms with Gasteiger partial charge in [-0.1, -0.05) is 24.0 Å². The molecule has 1 aliphatic carbocycles. The molecule has 1 saturated carbocycles. The number of rotatable bonds is 8. The van der Waals surface area contributed by atoms with E-state index in [1.165, 1.54) is 25.6 Å². The normalized spacial score (nSPS) is 20.6. The summed E-state index contributed by atoms with van der Waals surface area (Å²) in [4.78, 5) is 23.9. The van der Waals surface area contributed by atoms with Gasteiger partial charge in [0.15, 0.2) is 12.1 Å². The zero-order valence-electron chi connectivity index (χ0n) is 22.5. The van der Waals surface area contributed by atoms with Crippen LogP contribution in [0.1, 0.15) is 78.9 Å². The highest BCUT2D eigenvalue weighted by atomic mass is 16.7. The van der Waals surface area contributed by atoms with E-state index >= 15 is 0 Å². The standard InChI is InChI=1S/C31H37N5O3/c32-30-29-25(10-9-22-4-3-5-24(18-22)27(37)19-23-7-8-23)20-36(31(29)34-21-33-30)26-11-13-35(14-12-26)15-17-39-28-6-1-2-16-38-28/h3-5,18,20-21,23,26,28H,1-2,6-8,11-17,19H2,(H2,32,33,34). The molecule has 2 aliphatic heterocycles. The topological polar surface area (TPSA) is 95.5 Å². The van der Waals surface area contributed by atoms with Crippen molar-refractivity contribution in [2.75, 3.05) is 38.6 Å². The quantitative estimate of drug-likeness (QED) is 0.339. The molecule has 3 aromatic rings. The molecule has 39 heavy (non-hydrogen) atoms. The second-order valence-electron chi connectivity index (χ2n) is 11.0. The number of ether oxygens (including phenoxy) is 2. The minimum atomic E-state index is -0.0297. The second-order valence-corrected chi connectivity index (χ2v) is 11.0. The number of hydrogen-bond donors (Lipinski definition) is 1. The number of ketones is 1. The first-order chi connectivity index (χ1) is 19.1. The van der Waals surface area contributed by atoms with E-state index < -0.39 is 0 Å². The Balaban J connectivity index is 1.14. The summed E-state index contributed by atoms with van der Waals surface area (Å²) in [7, 11) is 0. The van der Waals surface area contributed by atoms with Crippen LogP contribution in [0.15, 0.2) is 36.8 Å². The molecule has 1 atom stereocenters. The van der Waals surface area contributed by atoms with E-state index in [-0.39, 0.29) is 12.1 Å². The molecule has 0 amide bonds. The number of nitrogen functional groups attached to an aromatic ring is 1. The zero-order chi connectivity index (χ0) is 26.6. The Morgan fingerprint density at radius 2 is 1.97 bits per heavy atom. The first-order valence-electron chi connectivity index (χ1n) is 14.4. The Labute approximate surface area is 229 Å². The Morgan fingerprint density at radius 3 is 2.77 bits per heavy atom. The Morgan fingerprint density at radius 1 is 1.10 bits per heavy atom. The van der Waals surface area contributed by atoms with Crippen LogP contribution in [-0.4, -0.2) is 64.4 Å². The van der Waals surface area contributed by atoms with Gasteiger partial charge in [0.2, 0.25) is 0 Å². The summed E-state index contributed by atoms with van der Waals surface area (Å²) in [5, 5.41) is 0.800. The van der Waals surface area contributed by atoms with Crippen LogP contribution in [0, 0.1) is 17.8 Å². The van der Waals surface area contributed by atoms with E-state index in [1.54, 1.807) is 0 Å². The molecule has 3 fully saturated rings. The van der Waals surface area contributed by atoms with Gasteiger partial charge < -0.3 is 24.7 Å². The van der Waals surface area contributed by atoms with Gasteiger partial charge in [-0.25, -0.2) is 9.97 Å². The van der Waals surface area contributed by atoms with Crippen LogP contribution >= 0.6 is 0 Å². The number of nitrogens with two attached hydrogens (primary N) is 1. The Kier molecular flexibility index (Phi) is 7.91. The number of aromatic nitrogens is 3. The minimum Gasteiger partial charge on any atom is -0.383 e. The lowest BCUT2D eigenvalue weighted by Gasteiger charge is -2.33. The van der Waals surface area contributed by atoms with E-state index in [0.717, 1.165) is 79.6 Å². The molecule has 8 nitrogen and oxygen atoms in total. The molecule has 1 unspecified atom stereocenters. The predicted molar refractivity (Wildman–Crippen MR) is 150 cm³/mol. The monoisotopic (exact) mass is 527 g/mol. The molecule has 0 spiro atoms. The van der Waals surface area contributed by atoms with Crippen LogP contribution in [0.2, 0.25) is 0 Å². The van der Waals surface area contributed by atoms with Crippen molar-refractivity contribution in [2.24, 2.45) is 5.92 Å². The van der Waals surface area contributed by atoms with Gasteiger partial charge in [-0.15, -0.1) is 0 Å². The maximum Gasteiger partial charge on any atom is 0.163 e. The van der Waals surface area contributed by atoms with E-state index in [0.29, 0.717) is 30.8 Å². The van der Waals surface area contributed by atoms with Gasteiger partial charge >= 0.3 is 0 Å². The van der Waals surface area contributed by atoms with Crippen LogP contribution in [0.4, 0.5) is 5.82 Å². The third-order valence-electron chi connectivity index (χ3n) is 8.14. The fourth-order valence-electron chi connectivity index (χ4n) is 5.67. The summed E-state index contributed by atoms with van der Waals surface area (Å²) in [5.41, 5.74) is 9.52. The van der Waals surface area contributed by atoms with Gasteiger partial charge in [0, 0.05) is 56.0 Å². The molecule has 2 N–H and O–H groups in total. The summed E-state index contributed by atoms with van der Waals surface area (Å²) < 4.78 is 13.9. The molecule has 2 aromatic heterocycles. The first kappa shape index (κ1) is 26.0. The van der Waals surface area contributed by atoms with Crippen molar-refractivity contribution in [1.82, 2.24) is 19.4 Å². The molecular formula is C31H37N5O3. The van der Waals surface area contributed by atoms with Gasteiger partial charge in [0.1, 0.15) is 17.8 Å².